The number of rotatable bonds is 7. The molecule has 0 spiro atoms. The molecule has 2 atom stereocenters. The van der Waals surface area contributed by atoms with Gasteiger partial charge in [0.05, 0.1) is 6.61 Å². The maximum absolute atomic E-state index is 8.93. The molecule has 5 nitrogen and oxygen atoms in total. The summed E-state index contributed by atoms with van der Waals surface area (Å²) in [6.07, 6.45) is 2.37. The average Bonchev–Trinajstić information content (AvgIpc) is 2.86. The Balaban J connectivity index is 2.16. The molecule has 0 bridgehead atoms. The van der Waals surface area contributed by atoms with Crippen molar-refractivity contribution < 1.29 is 5.11 Å². The van der Waals surface area contributed by atoms with E-state index < -0.39 is 0 Å². The first-order chi connectivity index (χ1) is 10.2. The molecule has 0 aliphatic carbocycles. The summed E-state index contributed by atoms with van der Waals surface area (Å²) < 4.78 is 0. The molecule has 2 rings (SSSR count). The van der Waals surface area contributed by atoms with Gasteiger partial charge in [0.15, 0.2) is 0 Å². The molecule has 1 heterocycles. The Morgan fingerprint density at radius 3 is 2.62 bits per heavy atom. The summed E-state index contributed by atoms with van der Waals surface area (Å²) in [5.41, 5.74) is 9.16. The molecule has 5 heteroatoms. The van der Waals surface area contributed by atoms with E-state index in [0.29, 0.717) is 18.6 Å². The number of hydrogen-bond donors (Lipinski definition) is 4. The fourth-order valence-corrected chi connectivity index (χ4v) is 3.19. The minimum atomic E-state index is 0.188. The summed E-state index contributed by atoms with van der Waals surface area (Å²) in [6.45, 7) is 4.79. The standard InChI is InChI=1S/C16H28N4O/c1-12-9-13(5-6-16(12)17)20-14(10-18-2)3-4-15(20)11-19-7-8-21/h5-6,9,14-15,18-19,21H,3-4,7-8,10-11,17H2,1-2H3. The maximum atomic E-state index is 8.93. The van der Waals surface area contributed by atoms with Crippen LogP contribution >= 0.6 is 0 Å². The third-order valence-electron chi connectivity index (χ3n) is 4.28. The van der Waals surface area contributed by atoms with Gasteiger partial charge in [-0.15, -0.1) is 0 Å². The van der Waals surface area contributed by atoms with Gasteiger partial charge in [0.2, 0.25) is 0 Å². The van der Waals surface area contributed by atoms with Crippen LogP contribution in [0.15, 0.2) is 18.2 Å². The SMILES string of the molecule is CNCC1CCC(CNCCO)N1c1ccc(N)c(C)c1. The van der Waals surface area contributed by atoms with Crippen LogP contribution in [0.3, 0.4) is 0 Å². The third kappa shape index (κ3) is 3.87. The van der Waals surface area contributed by atoms with Gasteiger partial charge < -0.3 is 26.4 Å². The summed E-state index contributed by atoms with van der Waals surface area (Å²) in [7, 11) is 2.00. The Kier molecular flexibility index (Phi) is 5.85. The number of benzene rings is 1. The zero-order chi connectivity index (χ0) is 15.2. The van der Waals surface area contributed by atoms with Crippen LogP contribution in [0.1, 0.15) is 18.4 Å². The molecule has 1 saturated heterocycles. The Morgan fingerprint density at radius 1 is 1.29 bits per heavy atom. The Bertz CT molecular complexity index is 452. The van der Waals surface area contributed by atoms with Gasteiger partial charge in [-0.05, 0) is 50.6 Å². The highest BCUT2D eigenvalue weighted by Gasteiger charge is 2.32. The Morgan fingerprint density at radius 2 is 2.00 bits per heavy atom. The Hall–Kier alpha value is -1.30. The van der Waals surface area contributed by atoms with Gasteiger partial charge in [0.1, 0.15) is 0 Å². The van der Waals surface area contributed by atoms with Crippen LogP contribution in [-0.2, 0) is 0 Å². The highest BCUT2D eigenvalue weighted by atomic mass is 16.3. The number of nitrogens with zero attached hydrogens (tertiary/aromatic N) is 1. The normalized spacial score (nSPS) is 22.0. The largest absolute Gasteiger partial charge is 0.399 e. The maximum Gasteiger partial charge on any atom is 0.0555 e. The molecule has 0 radical (unpaired) electrons. The van der Waals surface area contributed by atoms with Crippen LogP contribution in [0.2, 0.25) is 0 Å². The Labute approximate surface area is 127 Å². The number of nitrogens with one attached hydrogen (secondary N) is 2. The van der Waals surface area contributed by atoms with E-state index in [4.69, 9.17) is 10.8 Å². The van der Waals surface area contributed by atoms with Crippen LogP contribution in [0.25, 0.3) is 0 Å². The second-order valence-corrected chi connectivity index (χ2v) is 5.82. The van der Waals surface area contributed by atoms with E-state index in [1.54, 1.807) is 0 Å². The van der Waals surface area contributed by atoms with Crippen molar-refractivity contribution in [2.24, 2.45) is 0 Å². The smallest absolute Gasteiger partial charge is 0.0555 e. The molecule has 21 heavy (non-hydrogen) atoms. The zero-order valence-corrected chi connectivity index (χ0v) is 13.1. The first-order valence-corrected chi connectivity index (χ1v) is 7.78. The van der Waals surface area contributed by atoms with E-state index in [0.717, 1.165) is 24.3 Å². The molecule has 5 N–H and O–H groups in total. The van der Waals surface area contributed by atoms with Gasteiger partial charge in [0.25, 0.3) is 0 Å². The van der Waals surface area contributed by atoms with Crippen molar-refractivity contribution in [2.75, 3.05) is 43.9 Å². The fourth-order valence-electron chi connectivity index (χ4n) is 3.19. The number of aryl methyl sites for hydroxylation is 1. The van der Waals surface area contributed by atoms with E-state index in [2.05, 4.69) is 34.6 Å². The van der Waals surface area contributed by atoms with Gasteiger partial charge in [0, 0.05) is 43.1 Å². The summed E-state index contributed by atoms with van der Waals surface area (Å²) in [6, 6.07) is 7.28. The first-order valence-electron chi connectivity index (χ1n) is 7.78. The van der Waals surface area contributed by atoms with Gasteiger partial charge in [-0.1, -0.05) is 0 Å². The van der Waals surface area contributed by atoms with Crippen molar-refractivity contribution in [3.63, 3.8) is 0 Å². The van der Waals surface area contributed by atoms with E-state index in [1.165, 1.54) is 18.5 Å². The zero-order valence-electron chi connectivity index (χ0n) is 13.1. The lowest BCUT2D eigenvalue weighted by Crippen LogP contribution is -2.45. The van der Waals surface area contributed by atoms with Crippen molar-refractivity contribution in [2.45, 2.75) is 31.8 Å². The number of aliphatic hydroxyl groups is 1. The predicted octanol–water partition coefficient (Wildman–Crippen LogP) is 0.716. The number of anilines is 2. The summed E-state index contributed by atoms with van der Waals surface area (Å²) in [5.74, 6) is 0. The molecule has 1 aliphatic rings. The number of likely N-dealkylation sites (N-methyl/N-ethyl adjacent to an activating group) is 1. The molecule has 2 unspecified atom stereocenters. The number of aliphatic hydroxyl groups excluding tert-OH is 1. The molecule has 1 aromatic carbocycles. The molecule has 1 aliphatic heterocycles. The van der Waals surface area contributed by atoms with Crippen molar-refractivity contribution in [3.05, 3.63) is 23.8 Å². The molecular weight excluding hydrogens is 264 g/mol. The second kappa shape index (κ2) is 7.64. The van der Waals surface area contributed by atoms with E-state index >= 15 is 0 Å². The van der Waals surface area contributed by atoms with Gasteiger partial charge in [-0.3, -0.25) is 0 Å². The van der Waals surface area contributed by atoms with Gasteiger partial charge >= 0.3 is 0 Å². The topological polar surface area (TPSA) is 73.5 Å². The number of hydrogen-bond acceptors (Lipinski definition) is 5. The van der Waals surface area contributed by atoms with Crippen molar-refractivity contribution in [1.29, 1.82) is 0 Å². The number of nitrogen functional groups attached to an aromatic ring is 1. The lowest BCUT2D eigenvalue weighted by Gasteiger charge is -2.33. The molecule has 0 amide bonds. The van der Waals surface area contributed by atoms with Crippen LogP contribution in [-0.4, -0.2) is 50.5 Å². The van der Waals surface area contributed by atoms with Crippen molar-refractivity contribution >= 4 is 11.4 Å². The van der Waals surface area contributed by atoms with Crippen LogP contribution in [0.4, 0.5) is 11.4 Å². The summed E-state index contributed by atoms with van der Waals surface area (Å²) in [5, 5.41) is 15.6. The fraction of sp³-hybridized carbons (Fsp3) is 0.625. The minimum Gasteiger partial charge on any atom is -0.399 e. The van der Waals surface area contributed by atoms with Gasteiger partial charge in [-0.25, -0.2) is 0 Å². The quantitative estimate of drug-likeness (QED) is 0.440. The van der Waals surface area contributed by atoms with E-state index in [-0.39, 0.29) is 6.61 Å². The van der Waals surface area contributed by atoms with Crippen LogP contribution in [0, 0.1) is 6.92 Å². The molecule has 1 aromatic rings. The highest BCUT2D eigenvalue weighted by molar-refractivity contribution is 5.59. The molecule has 118 valence electrons. The average molecular weight is 292 g/mol. The van der Waals surface area contributed by atoms with E-state index in [9.17, 15) is 0 Å². The van der Waals surface area contributed by atoms with E-state index in [1.807, 2.05) is 13.1 Å². The molecule has 0 aromatic heterocycles. The van der Waals surface area contributed by atoms with Crippen LogP contribution in [0.5, 0.6) is 0 Å². The van der Waals surface area contributed by atoms with Crippen LogP contribution < -0.4 is 21.3 Å². The third-order valence-corrected chi connectivity index (χ3v) is 4.28. The molecular formula is C16H28N4O. The van der Waals surface area contributed by atoms with Crippen molar-refractivity contribution in [1.82, 2.24) is 10.6 Å². The monoisotopic (exact) mass is 292 g/mol. The highest BCUT2D eigenvalue weighted by Crippen LogP contribution is 2.31. The van der Waals surface area contributed by atoms with Gasteiger partial charge in [-0.2, -0.15) is 0 Å². The molecule has 1 fully saturated rings. The first kappa shape index (κ1) is 16.1. The lowest BCUT2D eigenvalue weighted by atomic mass is 10.1. The predicted molar refractivity (Wildman–Crippen MR) is 88.8 cm³/mol. The van der Waals surface area contributed by atoms with Crippen molar-refractivity contribution in [3.8, 4) is 0 Å². The summed E-state index contributed by atoms with van der Waals surface area (Å²) >= 11 is 0. The lowest BCUT2D eigenvalue weighted by molar-refractivity contribution is 0.291. The minimum absolute atomic E-state index is 0.188. The summed E-state index contributed by atoms with van der Waals surface area (Å²) in [4.78, 5) is 2.51. The number of nitrogens with two attached hydrogens (primary N) is 1. The molecule has 0 saturated carbocycles. The second-order valence-electron chi connectivity index (χ2n) is 5.82.